The Morgan fingerprint density at radius 1 is 1.45 bits per heavy atom. The van der Waals surface area contributed by atoms with Gasteiger partial charge in [0.15, 0.2) is 5.82 Å². The van der Waals surface area contributed by atoms with Crippen LogP contribution in [-0.2, 0) is 6.42 Å². The van der Waals surface area contributed by atoms with E-state index in [-0.39, 0.29) is 17.8 Å². The number of benzene rings is 1. The fourth-order valence-corrected chi connectivity index (χ4v) is 2.04. The van der Waals surface area contributed by atoms with Crippen LogP contribution in [0.15, 0.2) is 22.7 Å². The maximum absolute atomic E-state index is 13.0. The number of nitrogens with zero attached hydrogens (tertiary/aromatic N) is 2. The van der Waals surface area contributed by atoms with Crippen molar-refractivity contribution in [1.82, 2.24) is 10.1 Å². The Bertz CT molecular complexity index is 588. The molecule has 2 rings (SSSR count). The van der Waals surface area contributed by atoms with Crippen molar-refractivity contribution in [2.45, 2.75) is 32.7 Å². The van der Waals surface area contributed by atoms with Gasteiger partial charge in [-0.2, -0.15) is 4.98 Å². The molecule has 2 N–H and O–H groups in total. The van der Waals surface area contributed by atoms with Crippen molar-refractivity contribution in [2.24, 2.45) is 11.7 Å². The summed E-state index contributed by atoms with van der Waals surface area (Å²) in [4.78, 5) is 4.28. The van der Waals surface area contributed by atoms with E-state index in [4.69, 9.17) is 21.9 Å². The fourth-order valence-electron chi connectivity index (χ4n) is 1.81. The molecule has 4 nitrogen and oxygen atoms in total. The van der Waals surface area contributed by atoms with E-state index >= 15 is 0 Å². The number of hydrogen-bond donors (Lipinski definition) is 1. The highest BCUT2D eigenvalue weighted by molar-refractivity contribution is 6.31. The summed E-state index contributed by atoms with van der Waals surface area (Å²) < 4.78 is 18.2. The number of halogens is 2. The summed E-state index contributed by atoms with van der Waals surface area (Å²) in [5, 5.41) is 4.24. The third-order valence-electron chi connectivity index (χ3n) is 3.39. The average Bonchev–Trinajstić information content (AvgIpc) is 2.88. The monoisotopic (exact) mass is 297 g/mol. The quantitative estimate of drug-likeness (QED) is 0.917. The molecule has 0 aliphatic rings. The zero-order chi connectivity index (χ0) is 14.7. The van der Waals surface area contributed by atoms with Crippen molar-refractivity contribution in [1.29, 1.82) is 0 Å². The first-order valence-electron chi connectivity index (χ1n) is 6.53. The van der Waals surface area contributed by atoms with E-state index in [1.807, 2.05) is 6.92 Å². The highest BCUT2D eigenvalue weighted by atomic mass is 35.5. The van der Waals surface area contributed by atoms with E-state index in [9.17, 15) is 4.39 Å². The molecule has 0 aliphatic heterocycles. The van der Waals surface area contributed by atoms with E-state index in [2.05, 4.69) is 17.1 Å². The maximum atomic E-state index is 13.0. The summed E-state index contributed by atoms with van der Waals surface area (Å²) in [6.07, 6.45) is 1.32. The van der Waals surface area contributed by atoms with E-state index in [1.54, 1.807) is 6.07 Å². The standard InChI is InChI=1S/C14H17ClFN3O/c1-3-8(2)13(17)14-18-12(19-20-14)6-9-4-5-10(16)7-11(9)15/h4-5,7-8,13H,3,6,17H2,1-2H3/t8-,13-/m0/s1. The van der Waals surface area contributed by atoms with Crippen LogP contribution < -0.4 is 5.73 Å². The minimum Gasteiger partial charge on any atom is -0.338 e. The van der Waals surface area contributed by atoms with Crippen LogP contribution >= 0.6 is 11.6 Å². The first-order valence-corrected chi connectivity index (χ1v) is 6.91. The largest absolute Gasteiger partial charge is 0.338 e. The molecular weight excluding hydrogens is 281 g/mol. The molecule has 2 atom stereocenters. The van der Waals surface area contributed by atoms with Gasteiger partial charge in [0.2, 0.25) is 5.89 Å². The van der Waals surface area contributed by atoms with Crippen LogP contribution in [0.25, 0.3) is 0 Å². The summed E-state index contributed by atoms with van der Waals surface area (Å²) in [7, 11) is 0. The van der Waals surface area contributed by atoms with Crippen LogP contribution in [0.1, 0.15) is 43.6 Å². The lowest BCUT2D eigenvalue weighted by Crippen LogP contribution is -2.18. The van der Waals surface area contributed by atoms with Crippen LogP contribution in [0.4, 0.5) is 4.39 Å². The Balaban J connectivity index is 2.13. The zero-order valence-corrected chi connectivity index (χ0v) is 12.2. The van der Waals surface area contributed by atoms with Crippen LogP contribution in [0.2, 0.25) is 5.02 Å². The molecule has 0 spiro atoms. The van der Waals surface area contributed by atoms with Crippen molar-refractivity contribution in [2.75, 3.05) is 0 Å². The van der Waals surface area contributed by atoms with E-state index in [1.165, 1.54) is 12.1 Å². The van der Waals surface area contributed by atoms with Crippen molar-refractivity contribution in [3.05, 3.63) is 46.3 Å². The number of nitrogens with two attached hydrogens (primary N) is 1. The van der Waals surface area contributed by atoms with Gasteiger partial charge in [-0.25, -0.2) is 4.39 Å². The molecule has 0 fully saturated rings. The summed E-state index contributed by atoms with van der Waals surface area (Å²) in [6, 6.07) is 3.96. The molecule has 20 heavy (non-hydrogen) atoms. The second-order valence-electron chi connectivity index (χ2n) is 4.87. The van der Waals surface area contributed by atoms with Crippen molar-refractivity contribution < 1.29 is 8.91 Å². The number of hydrogen-bond acceptors (Lipinski definition) is 4. The molecule has 6 heteroatoms. The zero-order valence-electron chi connectivity index (χ0n) is 11.4. The topological polar surface area (TPSA) is 64.9 Å². The molecule has 0 radical (unpaired) electrons. The lowest BCUT2D eigenvalue weighted by atomic mass is 10.0. The van der Waals surface area contributed by atoms with Crippen LogP contribution in [0.3, 0.4) is 0 Å². The SMILES string of the molecule is CC[C@H](C)[C@H](N)c1nc(Cc2ccc(F)cc2Cl)no1. The average molecular weight is 298 g/mol. The van der Waals surface area contributed by atoms with Gasteiger partial charge in [-0.3, -0.25) is 0 Å². The maximum Gasteiger partial charge on any atom is 0.243 e. The summed E-state index contributed by atoms with van der Waals surface area (Å²) in [5.41, 5.74) is 6.78. The van der Waals surface area contributed by atoms with Crippen molar-refractivity contribution in [3.8, 4) is 0 Å². The Morgan fingerprint density at radius 3 is 2.85 bits per heavy atom. The summed E-state index contributed by atoms with van der Waals surface area (Å²) in [6.45, 7) is 4.09. The third kappa shape index (κ3) is 3.35. The molecule has 1 aromatic heterocycles. The first kappa shape index (κ1) is 14.9. The predicted octanol–water partition coefficient (Wildman–Crippen LogP) is 3.50. The normalized spacial score (nSPS) is 14.2. The highest BCUT2D eigenvalue weighted by Gasteiger charge is 2.20. The second-order valence-corrected chi connectivity index (χ2v) is 5.28. The molecule has 1 aromatic carbocycles. The molecule has 0 amide bonds. The first-order chi connectivity index (χ1) is 9.51. The van der Waals surface area contributed by atoms with Gasteiger partial charge >= 0.3 is 0 Å². The van der Waals surface area contributed by atoms with E-state index < -0.39 is 0 Å². The molecule has 0 bridgehead atoms. The van der Waals surface area contributed by atoms with Gasteiger partial charge in [0.1, 0.15) is 5.82 Å². The molecule has 1 heterocycles. The van der Waals surface area contributed by atoms with Crippen LogP contribution in [0.5, 0.6) is 0 Å². The van der Waals surface area contributed by atoms with Gasteiger partial charge in [0.05, 0.1) is 6.04 Å². The number of rotatable bonds is 5. The molecule has 108 valence electrons. The Hall–Kier alpha value is -1.46. The van der Waals surface area contributed by atoms with Gasteiger partial charge in [-0.15, -0.1) is 0 Å². The Kier molecular flexibility index (Phi) is 4.73. The van der Waals surface area contributed by atoms with E-state index in [0.717, 1.165) is 12.0 Å². The highest BCUT2D eigenvalue weighted by Crippen LogP contribution is 2.22. The van der Waals surface area contributed by atoms with Crippen LogP contribution in [0, 0.1) is 11.7 Å². The molecular formula is C14H17ClFN3O. The fraction of sp³-hybridized carbons (Fsp3) is 0.429. The number of aromatic nitrogens is 2. The molecule has 0 saturated carbocycles. The molecule has 0 saturated heterocycles. The lowest BCUT2D eigenvalue weighted by Gasteiger charge is -2.12. The smallest absolute Gasteiger partial charge is 0.243 e. The van der Waals surface area contributed by atoms with Gasteiger partial charge in [-0.05, 0) is 23.6 Å². The van der Waals surface area contributed by atoms with Gasteiger partial charge in [0, 0.05) is 11.4 Å². The molecule has 0 aliphatic carbocycles. The van der Waals surface area contributed by atoms with Crippen LogP contribution in [-0.4, -0.2) is 10.1 Å². The predicted molar refractivity (Wildman–Crippen MR) is 74.9 cm³/mol. The summed E-state index contributed by atoms with van der Waals surface area (Å²) >= 11 is 5.97. The molecule has 0 unspecified atom stereocenters. The van der Waals surface area contributed by atoms with Crippen molar-refractivity contribution in [3.63, 3.8) is 0 Å². The van der Waals surface area contributed by atoms with Gasteiger partial charge in [0.25, 0.3) is 0 Å². The minimum atomic E-state index is -0.369. The van der Waals surface area contributed by atoms with Gasteiger partial charge < -0.3 is 10.3 Å². The van der Waals surface area contributed by atoms with E-state index in [0.29, 0.717) is 23.2 Å². The molecule has 2 aromatic rings. The Morgan fingerprint density at radius 2 is 2.20 bits per heavy atom. The third-order valence-corrected chi connectivity index (χ3v) is 3.74. The van der Waals surface area contributed by atoms with Gasteiger partial charge in [-0.1, -0.05) is 43.1 Å². The Labute approximate surface area is 122 Å². The second kappa shape index (κ2) is 6.33. The lowest BCUT2D eigenvalue weighted by molar-refractivity contribution is 0.310. The van der Waals surface area contributed by atoms with Crippen molar-refractivity contribution >= 4 is 11.6 Å². The minimum absolute atomic E-state index is 0.262. The summed E-state index contributed by atoms with van der Waals surface area (Å²) in [5.74, 6) is 0.809.